The first-order valence-corrected chi connectivity index (χ1v) is 7.32. The van der Waals surface area contributed by atoms with Gasteiger partial charge in [0.1, 0.15) is 0 Å². The van der Waals surface area contributed by atoms with Crippen LogP contribution in [0, 0.1) is 0 Å². The summed E-state index contributed by atoms with van der Waals surface area (Å²) < 4.78 is 0. The summed E-state index contributed by atoms with van der Waals surface area (Å²) in [6.07, 6.45) is 1.95. The van der Waals surface area contributed by atoms with Gasteiger partial charge in [0, 0.05) is 11.7 Å². The lowest BCUT2D eigenvalue weighted by Crippen LogP contribution is -2.38. The van der Waals surface area contributed by atoms with Crippen LogP contribution in [0.15, 0.2) is 24.3 Å². The molecule has 1 saturated carbocycles. The van der Waals surface area contributed by atoms with Crippen molar-refractivity contribution in [3.63, 3.8) is 0 Å². The summed E-state index contributed by atoms with van der Waals surface area (Å²) in [5.41, 5.74) is 1.89. The molecule has 1 aromatic carbocycles. The zero-order valence-electron chi connectivity index (χ0n) is 12.5. The minimum atomic E-state index is -0.891. The van der Waals surface area contributed by atoms with Crippen molar-refractivity contribution in [3.8, 4) is 0 Å². The molecule has 0 aromatic heterocycles. The van der Waals surface area contributed by atoms with Crippen molar-refractivity contribution in [1.29, 1.82) is 0 Å². The predicted molar refractivity (Wildman–Crippen MR) is 81.4 cm³/mol. The largest absolute Gasteiger partial charge is 0.480 e. The molecule has 0 bridgehead atoms. The number of amides is 1. The Bertz CT molecular complexity index is 524. The van der Waals surface area contributed by atoms with Crippen molar-refractivity contribution in [1.82, 2.24) is 4.90 Å². The quantitative estimate of drug-likeness (QED) is 0.808. The number of carboxylic acid groups (broad SMARTS) is 1. The maximum atomic E-state index is 12.2. The minimum absolute atomic E-state index is 0.0795. The SMILES string of the molecule is CC(C)c1ccccc1NC(=O)CN(CC(=O)O)C1CC1. The molecule has 1 amide bonds. The number of carbonyl (C=O) groups is 2. The van der Waals surface area contributed by atoms with Crippen LogP contribution in [0.4, 0.5) is 5.69 Å². The zero-order valence-corrected chi connectivity index (χ0v) is 12.5. The molecule has 0 saturated heterocycles. The summed E-state index contributed by atoms with van der Waals surface area (Å²) in [7, 11) is 0. The van der Waals surface area contributed by atoms with E-state index in [1.165, 1.54) is 0 Å². The third-order valence-electron chi connectivity index (χ3n) is 3.61. The van der Waals surface area contributed by atoms with Gasteiger partial charge in [-0.05, 0) is 30.4 Å². The van der Waals surface area contributed by atoms with Crippen LogP contribution in [-0.4, -0.2) is 41.0 Å². The fourth-order valence-electron chi connectivity index (χ4n) is 2.42. The number of carboxylic acids is 1. The normalized spacial score (nSPS) is 14.5. The first-order chi connectivity index (χ1) is 9.97. The Morgan fingerprint density at radius 2 is 1.95 bits per heavy atom. The third kappa shape index (κ3) is 4.56. The second-order valence-corrected chi connectivity index (χ2v) is 5.82. The van der Waals surface area contributed by atoms with Crippen LogP contribution in [0.5, 0.6) is 0 Å². The maximum absolute atomic E-state index is 12.2. The lowest BCUT2D eigenvalue weighted by Gasteiger charge is -2.20. The monoisotopic (exact) mass is 290 g/mol. The molecule has 0 atom stereocenters. The van der Waals surface area contributed by atoms with Crippen molar-refractivity contribution in [2.75, 3.05) is 18.4 Å². The van der Waals surface area contributed by atoms with Crippen molar-refractivity contribution in [2.45, 2.75) is 38.6 Å². The Hall–Kier alpha value is -1.88. The summed E-state index contributed by atoms with van der Waals surface area (Å²) in [5.74, 6) is -0.728. The second-order valence-electron chi connectivity index (χ2n) is 5.82. The van der Waals surface area contributed by atoms with Crippen molar-refractivity contribution in [3.05, 3.63) is 29.8 Å². The van der Waals surface area contributed by atoms with Crippen molar-refractivity contribution in [2.24, 2.45) is 0 Å². The molecule has 21 heavy (non-hydrogen) atoms. The minimum Gasteiger partial charge on any atom is -0.480 e. The summed E-state index contributed by atoms with van der Waals surface area (Å²) >= 11 is 0. The Kier molecular flexibility index (Phi) is 4.96. The molecule has 2 N–H and O–H groups in total. The molecule has 114 valence electrons. The molecule has 2 rings (SSSR count). The maximum Gasteiger partial charge on any atom is 0.317 e. The molecule has 0 radical (unpaired) electrons. The van der Waals surface area contributed by atoms with Gasteiger partial charge in [-0.2, -0.15) is 0 Å². The lowest BCUT2D eigenvalue weighted by molar-refractivity contribution is -0.138. The van der Waals surface area contributed by atoms with E-state index in [1.54, 1.807) is 4.90 Å². The van der Waals surface area contributed by atoms with E-state index in [-0.39, 0.29) is 25.0 Å². The molecule has 1 aliphatic carbocycles. The second kappa shape index (κ2) is 6.72. The number of benzene rings is 1. The predicted octanol–water partition coefficient (Wildman–Crippen LogP) is 2.30. The number of aliphatic carboxylic acids is 1. The fraction of sp³-hybridized carbons (Fsp3) is 0.500. The number of carbonyl (C=O) groups excluding carboxylic acids is 1. The standard InChI is InChI=1S/C16H22N2O3/c1-11(2)13-5-3-4-6-14(13)17-15(19)9-18(10-16(20)21)12-7-8-12/h3-6,11-12H,7-10H2,1-2H3,(H,17,19)(H,20,21). The van der Waals surface area contributed by atoms with E-state index in [0.29, 0.717) is 5.92 Å². The van der Waals surface area contributed by atoms with Gasteiger partial charge in [0.15, 0.2) is 0 Å². The van der Waals surface area contributed by atoms with Crippen LogP contribution in [0.1, 0.15) is 38.2 Å². The van der Waals surface area contributed by atoms with Gasteiger partial charge in [-0.25, -0.2) is 0 Å². The van der Waals surface area contributed by atoms with Crippen molar-refractivity contribution < 1.29 is 14.7 Å². The zero-order chi connectivity index (χ0) is 15.4. The summed E-state index contributed by atoms with van der Waals surface area (Å²) in [5, 5.41) is 11.8. The summed E-state index contributed by atoms with van der Waals surface area (Å²) in [4.78, 5) is 24.7. The Morgan fingerprint density at radius 3 is 2.52 bits per heavy atom. The van der Waals surface area contributed by atoms with Gasteiger partial charge in [-0.1, -0.05) is 32.0 Å². The van der Waals surface area contributed by atoms with E-state index in [0.717, 1.165) is 24.1 Å². The number of hydrogen-bond acceptors (Lipinski definition) is 3. The van der Waals surface area contributed by atoms with Gasteiger partial charge in [-0.3, -0.25) is 14.5 Å². The van der Waals surface area contributed by atoms with Crippen LogP contribution in [0.2, 0.25) is 0 Å². The van der Waals surface area contributed by atoms with Crippen LogP contribution in [0.3, 0.4) is 0 Å². The molecular formula is C16H22N2O3. The van der Waals surface area contributed by atoms with E-state index < -0.39 is 5.97 Å². The van der Waals surface area contributed by atoms with E-state index >= 15 is 0 Å². The average Bonchev–Trinajstić information content (AvgIpc) is 3.21. The highest BCUT2D eigenvalue weighted by atomic mass is 16.4. The molecule has 0 unspecified atom stereocenters. The molecule has 0 spiro atoms. The van der Waals surface area contributed by atoms with Gasteiger partial charge in [-0.15, -0.1) is 0 Å². The molecule has 5 heteroatoms. The third-order valence-corrected chi connectivity index (χ3v) is 3.61. The summed E-state index contributed by atoms with van der Waals surface area (Å²) in [6.45, 7) is 4.20. The number of rotatable bonds is 7. The first kappa shape index (κ1) is 15.5. The molecule has 1 aliphatic rings. The molecule has 1 fully saturated rings. The molecule has 5 nitrogen and oxygen atoms in total. The Labute approximate surface area is 125 Å². The number of hydrogen-bond donors (Lipinski definition) is 2. The highest BCUT2D eigenvalue weighted by molar-refractivity contribution is 5.93. The van der Waals surface area contributed by atoms with Gasteiger partial charge < -0.3 is 10.4 Å². The number of anilines is 1. The van der Waals surface area contributed by atoms with Crippen molar-refractivity contribution >= 4 is 17.6 Å². The van der Waals surface area contributed by atoms with Crippen LogP contribution in [-0.2, 0) is 9.59 Å². The van der Waals surface area contributed by atoms with E-state index in [1.807, 2.05) is 24.3 Å². The first-order valence-electron chi connectivity index (χ1n) is 7.32. The summed E-state index contributed by atoms with van der Waals surface area (Å²) in [6, 6.07) is 7.96. The molecule has 1 aromatic rings. The topological polar surface area (TPSA) is 69.6 Å². The molecule has 0 aliphatic heterocycles. The fourth-order valence-corrected chi connectivity index (χ4v) is 2.42. The average molecular weight is 290 g/mol. The van der Waals surface area contributed by atoms with E-state index in [4.69, 9.17) is 5.11 Å². The van der Waals surface area contributed by atoms with E-state index in [2.05, 4.69) is 19.2 Å². The smallest absolute Gasteiger partial charge is 0.317 e. The Morgan fingerprint density at radius 1 is 1.29 bits per heavy atom. The van der Waals surface area contributed by atoms with Gasteiger partial charge in [0.05, 0.1) is 13.1 Å². The number of para-hydroxylation sites is 1. The number of nitrogens with zero attached hydrogens (tertiary/aromatic N) is 1. The lowest BCUT2D eigenvalue weighted by atomic mass is 10.0. The van der Waals surface area contributed by atoms with Gasteiger partial charge >= 0.3 is 5.97 Å². The molecule has 0 heterocycles. The van der Waals surface area contributed by atoms with Gasteiger partial charge in [0.2, 0.25) is 5.91 Å². The highest BCUT2D eigenvalue weighted by Gasteiger charge is 2.31. The van der Waals surface area contributed by atoms with Crippen LogP contribution in [0.25, 0.3) is 0 Å². The van der Waals surface area contributed by atoms with E-state index in [9.17, 15) is 9.59 Å². The van der Waals surface area contributed by atoms with Crippen LogP contribution >= 0.6 is 0 Å². The van der Waals surface area contributed by atoms with Crippen LogP contribution < -0.4 is 5.32 Å². The molecular weight excluding hydrogens is 268 g/mol. The number of nitrogens with one attached hydrogen (secondary N) is 1. The Balaban J connectivity index is 1.99. The highest BCUT2D eigenvalue weighted by Crippen LogP contribution is 2.27. The van der Waals surface area contributed by atoms with Gasteiger partial charge in [0.25, 0.3) is 0 Å².